The first-order valence-electron chi connectivity index (χ1n) is 7.66. The van der Waals surface area contributed by atoms with Crippen LogP contribution >= 0.6 is 0 Å². The van der Waals surface area contributed by atoms with Gasteiger partial charge in [0.2, 0.25) is 0 Å². The van der Waals surface area contributed by atoms with E-state index >= 15 is 0 Å². The predicted octanol–water partition coefficient (Wildman–Crippen LogP) is 2.85. The topological polar surface area (TPSA) is 68.3 Å². The van der Waals surface area contributed by atoms with Crippen LogP contribution < -0.4 is 5.32 Å². The first-order valence-corrected chi connectivity index (χ1v) is 7.66. The molecule has 0 aliphatic carbocycles. The molecule has 1 aromatic heterocycles. The second-order valence-electron chi connectivity index (χ2n) is 5.37. The van der Waals surface area contributed by atoms with Crippen LogP contribution in [0.2, 0.25) is 0 Å². The highest BCUT2D eigenvalue weighted by atomic mass is 19.1. The summed E-state index contributed by atoms with van der Waals surface area (Å²) in [5.41, 5.74) is 1.57. The Morgan fingerprint density at radius 3 is 2.56 bits per heavy atom. The molecule has 0 aliphatic heterocycles. The lowest BCUT2D eigenvalue weighted by Crippen LogP contribution is -2.28. The second kappa shape index (κ2) is 7.53. The van der Waals surface area contributed by atoms with Crippen molar-refractivity contribution in [3.8, 4) is 0 Å². The first kappa shape index (κ1) is 16.6. The van der Waals surface area contributed by atoms with Gasteiger partial charge in [0.1, 0.15) is 11.5 Å². The lowest BCUT2D eigenvalue weighted by atomic mass is 10.2. The van der Waals surface area contributed by atoms with Crippen molar-refractivity contribution >= 4 is 22.8 Å². The summed E-state index contributed by atoms with van der Waals surface area (Å²) in [6.07, 6.45) is 0. The molecule has 1 N–H and O–H groups in total. The fourth-order valence-electron chi connectivity index (χ4n) is 2.24. The average molecular weight is 338 g/mol. The number of amides is 1. The van der Waals surface area contributed by atoms with Crippen LogP contribution in [0.15, 0.2) is 60.7 Å². The summed E-state index contributed by atoms with van der Waals surface area (Å²) < 4.78 is 17.8. The first-order chi connectivity index (χ1) is 12.1. The SMILES string of the molecule is O=C(COC(=O)c1ccc2ccccc2n1)NCc1ccc(F)cc1. The number of rotatable bonds is 5. The number of para-hydroxylation sites is 1. The van der Waals surface area contributed by atoms with Crippen molar-refractivity contribution in [2.45, 2.75) is 6.54 Å². The maximum absolute atomic E-state index is 12.8. The molecule has 1 amide bonds. The third-order valence-corrected chi connectivity index (χ3v) is 3.54. The number of carbonyl (C=O) groups is 2. The largest absolute Gasteiger partial charge is 0.451 e. The fourth-order valence-corrected chi connectivity index (χ4v) is 2.24. The summed E-state index contributed by atoms with van der Waals surface area (Å²) >= 11 is 0. The molecule has 0 fully saturated rings. The van der Waals surface area contributed by atoms with E-state index in [0.29, 0.717) is 5.52 Å². The minimum atomic E-state index is -0.664. The van der Waals surface area contributed by atoms with Gasteiger partial charge >= 0.3 is 5.97 Å². The number of halogens is 1. The maximum Gasteiger partial charge on any atom is 0.357 e. The van der Waals surface area contributed by atoms with Gasteiger partial charge in [-0.25, -0.2) is 14.2 Å². The molecule has 0 bridgehead atoms. The van der Waals surface area contributed by atoms with Crippen LogP contribution in [0.4, 0.5) is 4.39 Å². The third-order valence-electron chi connectivity index (χ3n) is 3.54. The Morgan fingerprint density at radius 2 is 1.76 bits per heavy atom. The van der Waals surface area contributed by atoms with E-state index < -0.39 is 18.5 Å². The van der Waals surface area contributed by atoms with Crippen molar-refractivity contribution in [1.82, 2.24) is 10.3 Å². The molecule has 0 aliphatic rings. The van der Waals surface area contributed by atoms with E-state index in [1.165, 1.54) is 12.1 Å². The van der Waals surface area contributed by atoms with Gasteiger partial charge in [-0.15, -0.1) is 0 Å². The minimum Gasteiger partial charge on any atom is -0.451 e. The van der Waals surface area contributed by atoms with Crippen LogP contribution in [0.5, 0.6) is 0 Å². The zero-order chi connectivity index (χ0) is 17.6. The van der Waals surface area contributed by atoms with Gasteiger partial charge in [0.05, 0.1) is 5.52 Å². The second-order valence-corrected chi connectivity index (χ2v) is 5.37. The van der Waals surface area contributed by atoms with Crippen LogP contribution in [0.1, 0.15) is 16.1 Å². The molecule has 0 radical (unpaired) electrons. The molecule has 0 unspecified atom stereocenters. The smallest absolute Gasteiger partial charge is 0.357 e. The standard InChI is InChI=1S/C19H15FN2O3/c20-15-8-5-13(6-9-15)11-21-18(23)12-25-19(24)17-10-7-14-3-1-2-4-16(14)22-17/h1-10H,11-12H2,(H,21,23). The lowest BCUT2D eigenvalue weighted by molar-refractivity contribution is -0.124. The van der Waals surface area contributed by atoms with Gasteiger partial charge < -0.3 is 10.1 Å². The maximum atomic E-state index is 12.8. The van der Waals surface area contributed by atoms with Gasteiger partial charge in [0, 0.05) is 11.9 Å². The van der Waals surface area contributed by atoms with E-state index in [4.69, 9.17) is 4.74 Å². The van der Waals surface area contributed by atoms with Crippen molar-refractivity contribution < 1.29 is 18.7 Å². The van der Waals surface area contributed by atoms with E-state index in [1.807, 2.05) is 18.2 Å². The molecule has 5 nitrogen and oxygen atoms in total. The highest BCUT2D eigenvalue weighted by molar-refractivity contribution is 5.92. The summed E-state index contributed by atoms with van der Waals surface area (Å²) in [4.78, 5) is 28.0. The Hall–Kier alpha value is -3.28. The Kier molecular flexibility index (Phi) is 4.99. The molecule has 2 aromatic carbocycles. The number of hydrogen-bond acceptors (Lipinski definition) is 4. The van der Waals surface area contributed by atoms with Gasteiger partial charge in [0.25, 0.3) is 5.91 Å². The van der Waals surface area contributed by atoms with Gasteiger partial charge in [-0.1, -0.05) is 36.4 Å². The summed E-state index contributed by atoms with van der Waals surface area (Å²) in [7, 11) is 0. The van der Waals surface area contributed by atoms with E-state index in [-0.39, 0.29) is 18.1 Å². The molecule has 3 aromatic rings. The number of aromatic nitrogens is 1. The van der Waals surface area contributed by atoms with Crippen molar-refractivity contribution in [3.63, 3.8) is 0 Å². The highest BCUT2D eigenvalue weighted by Gasteiger charge is 2.12. The number of hydrogen-bond donors (Lipinski definition) is 1. The van der Waals surface area contributed by atoms with E-state index in [2.05, 4.69) is 10.3 Å². The van der Waals surface area contributed by atoms with Crippen LogP contribution in [0.3, 0.4) is 0 Å². The Bertz CT molecular complexity index is 910. The number of carbonyl (C=O) groups excluding carboxylic acids is 2. The summed E-state index contributed by atoms with van der Waals surface area (Å²) in [6.45, 7) is -0.181. The molecule has 3 rings (SSSR count). The van der Waals surface area contributed by atoms with Crippen LogP contribution in [0.25, 0.3) is 10.9 Å². The average Bonchev–Trinajstić information content (AvgIpc) is 2.65. The number of benzene rings is 2. The summed E-state index contributed by atoms with van der Waals surface area (Å²) in [5.74, 6) is -1.45. The quantitative estimate of drug-likeness (QED) is 0.727. The molecular formula is C19H15FN2O3. The number of fused-ring (bicyclic) bond motifs is 1. The van der Waals surface area contributed by atoms with Crippen LogP contribution in [-0.2, 0) is 16.1 Å². The Balaban J connectivity index is 1.52. The van der Waals surface area contributed by atoms with E-state index in [0.717, 1.165) is 10.9 Å². The minimum absolute atomic E-state index is 0.144. The summed E-state index contributed by atoms with van der Waals surface area (Å²) in [6, 6.07) is 16.5. The number of ether oxygens (including phenoxy) is 1. The molecule has 6 heteroatoms. The van der Waals surface area contributed by atoms with E-state index in [9.17, 15) is 14.0 Å². The van der Waals surface area contributed by atoms with Gasteiger partial charge in [0.15, 0.2) is 6.61 Å². The lowest BCUT2D eigenvalue weighted by Gasteiger charge is -2.07. The molecule has 126 valence electrons. The van der Waals surface area contributed by atoms with Crippen molar-refractivity contribution in [2.75, 3.05) is 6.61 Å². The van der Waals surface area contributed by atoms with E-state index in [1.54, 1.807) is 30.3 Å². The third kappa shape index (κ3) is 4.38. The number of esters is 1. The molecule has 1 heterocycles. The van der Waals surface area contributed by atoms with Gasteiger partial charge in [-0.05, 0) is 29.8 Å². The van der Waals surface area contributed by atoms with Crippen molar-refractivity contribution in [3.05, 3.63) is 77.7 Å². The fraction of sp³-hybridized carbons (Fsp3) is 0.105. The molecule has 0 spiro atoms. The number of nitrogens with zero attached hydrogens (tertiary/aromatic N) is 1. The molecule has 0 atom stereocenters. The Morgan fingerprint density at radius 1 is 1.00 bits per heavy atom. The molecular weight excluding hydrogens is 323 g/mol. The zero-order valence-corrected chi connectivity index (χ0v) is 13.2. The monoisotopic (exact) mass is 338 g/mol. The van der Waals surface area contributed by atoms with Crippen LogP contribution in [-0.4, -0.2) is 23.5 Å². The van der Waals surface area contributed by atoms with Crippen LogP contribution in [0, 0.1) is 5.82 Å². The van der Waals surface area contributed by atoms with Crippen molar-refractivity contribution in [2.24, 2.45) is 0 Å². The highest BCUT2D eigenvalue weighted by Crippen LogP contribution is 2.12. The Labute approximate surface area is 143 Å². The molecule has 0 saturated carbocycles. The molecule has 0 saturated heterocycles. The van der Waals surface area contributed by atoms with Gasteiger partial charge in [-0.2, -0.15) is 0 Å². The summed E-state index contributed by atoms with van der Waals surface area (Å²) in [5, 5.41) is 3.51. The predicted molar refractivity (Wildman–Crippen MR) is 90.3 cm³/mol. The number of nitrogens with one attached hydrogen (secondary N) is 1. The van der Waals surface area contributed by atoms with Crippen molar-refractivity contribution in [1.29, 1.82) is 0 Å². The molecule has 25 heavy (non-hydrogen) atoms. The number of pyridine rings is 1. The zero-order valence-electron chi connectivity index (χ0n) is 13.2. The van der Waals surface area contributed by atoms with Gasteiger partial charge in [-0.3, -0.25) is 4.79 Å². The normalized spacial score (nSPS) is 10.4.